The Morgan fingerprint density at radius 3 is 2.94 bits per heavy atom. The van der Waals surface area contributed by atoms with Crippen LogP contribution in [-0.4, -0.2) is 12.4 Å². The predicted molar refractivity (Wildman–Crippen MR) is 70.3 cm³/mol. The Bertz CT molecular complexity index is 537. The largest absolute Gasteiger partial charge is 0.404 e. The monoisotopic (exact) mass is 212 g/mol. The molecule has 1 aliphatic rings. The molecule has 2 N–H and O–H groups in total. The molecule has 1 aromatic heterocycles. The fraction of sp³-hybridized carbons (Fsp3) is 0.385. The Kier molecular flexibility index (Phi) is 2.95. The number of hydrogen-bond donors (Lipinski definition) is 1. The topological polar surface area (TPSA) is 30.9 Å². The first kappa shape index (κ1) is 11.1. The van der Waals surface area contributed by atoms with E-state index in [1.165, 1.54) is 16.6 Å². The van der Waals surface area contributed by atoms with Crippen molar-refractivity contribution in [1.82, 2.24) is 4.57 Å². The van der Waals surface area contributed by atoms with Crippen LogP contribution >= 0.6 is 0 Å². The molecule has 0 aliphatic heterocycles. The van der Waals surface area contributed by atoms with Gasteiger partial charge in [-0.3, -0.25) is 0 Å². The smallest absolute Gasteiger partial charge is 0.0755 e. The lowest BCUT2D eigenvalue weighted by atomic mass is 9.84. The minimum Gasteiger partial charge on any atom is -0.404 e. The molecule has 1 aliphatic carbocycles. The van der Waals surface area contributed by atoms with Crippen LogP contribution in [0.15, 0.2) is 6.08 Å². The van der Waals surface area contributed by atoms with Gasteiger partial charge in [-0.05, 0) is 19.8 Å². The van der Waals surface area contributed by atoms with E-state index >= 15 is 0 Å². The molecular weight excluding hydrogens is 195 g/mol. The van der Waals surface area contributed by atoms with Gasteiger partial charge < -0.3 is 10.3 Å². The van der Waals surface area contributed by atoms with Gasteiger partial charge in [-0.2, -0.15) is 0 Å². The zero-order valence-electron chi connectivity index (χ0n) is 9.90. The molecular formula is C13H17BN2. The highest BCUT2D eigenvalue weighted by Gasteiger charge is 2.13. The van der Waals surface area contributed by atoms with Crippen LogP contribution < -0.4 is 16.3 Å². The van der Waals surface area contributed by atoms with Crippen molar-refractivity contribution in [2.45, 2.75) is 25.6 Å². The fourth-order valence-electron chi connectivity index (χ4n) is 2.43. The number of allylic oxidation sites excluding steroid dienone is 1. The van der Waals surface area contributed by atoms with Gasteiger partial charge in [0, 0.05) is 35.1 Å². The molecule has 0 aromatic carbocycles. The van der Waals surface area contributed by atoms with Crippen molar-refractivity contribution >= 4 is 26.2 Å². The number of fused-ring (bicyclic) bond motifs is 1. The summed E-state index contributed by atoms with van der Waals surface area (Å²) in [6.07, 6.45) is 9.97. The van der Waals surface area contributed by atoms with Crippen LogP contribution in [0.5, 0.6) is 0 Å². The molecule has 0 saturated carbocycles. The summed E-state index contributed by atoms with van der Waals surface area (Å²) in [5.41, 5.74) is 8.28. The molecule has 1 aromatic rings. The third kappa shape index (κ3) is 1.60. The fourth-order valence-corrected chi connectivity index (χ4v) is 2.43. The van der Waals surface area contributed by atoms with Crippen LogP contribution in [0.1, 0.15) is 24.6 Å². The van der Waals surface area contributed by atoms with Crippen LogP contribution in [0.25, 0.3) is 18.4 Å². The van der Waals surface area contributed by atoms with Gasteiger partial charge in [0.05, 0.1) is 7.85 Å². The second-order valence-corrected chi connectivity index (χ2v) is 4.24. The van der Waals surface area contributed by atoms with Crippen LogP contribution in [0.2, 0.25) is 5.82 Å². The summed E-state index contributed by atoms with van der Waals surface area (Å²) in [6.45, 7) is 2.04. The van der Waals surface area contributed by atoms with E-state index in [0.29, 0.717) is 0 Å². The van der Waals surface area contributed by atoms with E-state index < -0.39 is 0 Å². The van der Waals surface area contributed by atoms with Crippen molar-refractivity contribution in [2.75, 3.05) is 0 Å². The lowest BCUT2D eigenvalue weighted by molar-refractivity contribution is 0.748. The van der Waals surface area contributed by atoms with Crippen molar-refractivity contribution in [1.29, 1.82) is 0 Å². The van der Waals surface area contributed by atoms with Gasteiger partial charge in [0.1, 0.15) is 0 Å². The Morgan fingerprint density at radius 2 is 2.31 bits per heavy atom. The minimum absolute atomic E-state index is 0.159. The highest BCUT2D eigenvalue weighted by molar-refractivity contribution is 6.13. The molecule has 16 heavy (non-hydrogen) atoms. The van der Waals surface area contributed by atoms with Crippen LogP contribution in [0, 0.1) is 0 Å². The molecule has 2 rings (SSSR count). The predicted octanol–water partition coefficient (Wildman–Crippen LogP) is 0.439. The van der Waals surface area contributed by atoms with Gasteiger partial charge in [0.25, 0.3) is 0 Å². The normalized spacial score (nSPS) is 22.2. The van der Waals surface area contributed by atoms with Crippen LogP contribution in [-0.2, 0) is 13.5 Å². The molecule has 0 saturated heterocycles. The van der Waals surface area contributed by atoms with Gasteiger partial charge in [0.15, 0.2) is 0 Å². The van der Waals surface area contributed by atoms with E-state index in [2.05, 4.69) is 29.8 Å². The summed E-state index contributed by atoms with van der Waals surface area (Å²) >= 11 is 0. The van der Waals surface area contributed by atoms with E-state index in [9.17, 15) is 0 Å². The quantitative estimate of drug-likeness (QED) is 0.621. The minimum atomic E-state index is 0.159. The molecule has 0 fully saturated rings. The van der Waals surface area contributed by atoms with Crippen molar-refractivity contribution < 1.29 is 0 Å². The average Bonchev–Trinajstić information content (AvgIpc) is 2.41. The maximum atomic E-state index is 5.94. The lowest BCUT2D eigenvalue weighted by Crippen LogP contribution is -2.29. The first-order valence-electron chi connectivity index (χ1n) is 5.68. The Hall–Kier alpha value is -1.38. The highest BCUT2D eigenvalue weighted by atomic mass is 14.9. The molecule has 1 unspecified atom stereocenters. The molecule has 1 atom stereocenters. The SMILES string of the molecule is [B]C1C=Cc2c(n(C)c(=C/C)/c2=C\N)CC1. The summed E-state index contributed by atoms with van der Waals surface area (Å²) in [6, 6.07) is 0. The Labute approximate surface area is 97.6 Å². The van der Waals surface area contributed by atoms with Gasteiger partial charge in [0.2, 0.25) is 0 Å². The van der Waals surface area contributed by atoms with Crippen molar-refractivity contribution in [3.63, 3.8) is 0 Å². The number of hydrogen-bond acceptors (Lipinski definition) is 1. The summed E-state index contributed by atoms with van der Waals surface area (Å²) in [5, 5.41) is 2.30. The van der Waals surface area contributed by atoms with E-state index in [4.69, 9.17) is 13.6 Å². The third-order valence-electron chi connectivity index (χ3n) is 3.31. The van der Waals surface area contributed by atoms with Crippen LogP contribution in [0.4, 0.5) is 0 Å². The van der Waals surface area contributed by atoms with Gasteiger partial charge in [-0.1, -0.05) is 24.0 Å². The lowest BCUT2D eigenvalue weighted by Gasteiger charge is -2.05. The van der Waals surface area contributed by atoms with Gasteiger partial charge >= 0.3 is 0 Å². The maximum Gasteiger partial charge on any atom is 0.0755 e. The van der Waals surface area contributed by atoms with Crippen molar-refractivity contribution in [2.24, 2.45) is 12.8 Å². The zero-order chi connectivity index (χ0) is 11.7. The third-order valence-corrected chi connectivity index (χ3v) is 3.31. The second kappa shape index (κ2) is 4.24. The number of rotatable bonds is 0. The van der Waals surface area contributed by atoms with Crippen molar-refractivity contribution in [3.8, 4) is 0 Å². The first-order chi connectivity index (χ1) is 7.69. The first-order valence-corrected chi connectivity index (χ1v) is 5.68. The molecule has 0 spiro atoms. The number of nitrogens with zero attached hydrogens (tertiary/aromatic N) is 1. The molecule has 0 amide bonds. The Morgan fingerprint density at radius 1 is 1.56 bits per heavy atom. The van der Waals surface area contributed by atoms with Crippen molar-refractivity contribution in [3.05, 3.63) is 27.9 Å². The summed E-state index contributed by atoms with van der Waals surface area (Å²) < 4.78 is 2.22. The van der Waals surface area contributed by atoms with Crippen LogP contribution in [0.3, 0.4) is 0 Å². The standard InChI is InChI=1S/C13H17BN2/c1-3-12-11(8-15)10-6-4-9(14)5-7-13(10)16(12)2/h3-4,6,8-9H,5,7,15H2,1-2H3/b11-8-,12-3+. The summed E-state index contributed by atoms with van der Waals surface area (Å²) in [7, 11) is 8.03. The van der Waals surface area contributed by atoms with Gasteiger partial charge in [-0.25, -0.2) is 0 Å². The van der Waals surface area contributed by atoms with E-state index in [1.54, 1.807) is 6.20 Å². The van der Waals surface area contributed by atoms with E-state index in [0.717, 1.165) is 18.1 Å². The second-order valence-electron chi connectivity index (χ2n) is 4.24. The summed E-state index contributed by atoms with van der Waals surface area (Å²) in [5.74, 6) is 0.159. The maximum absolute atomic E-state index is 5.94. The van der Waals surface area contributed by atoms with E-state index in [-0.39, 0.29) is 5.82 Å². The number of nitrogens with two attached hydrogens (primary N) is 1. The molecule has 2 nitrogen and oxygen atoms in total. The molecule has 82 valence electrons. The van der Waals surface area contributed by atoms with E-state index in [1.807, 2.05) is 6.92 Å². The Balaban J connectivity index is 2.78. The molecule has 2 radical (unpaired) electrons. The number of aromatic nitrogens is 1. The summed E-state index contributed by atoms with van der Waals surface area (Å²) in [4.78, 5) is 0. The zero-order valence-corrected chi connectivity index (χ0v) is 9.90. The average molecular weight is 212 g/mol. The highest BCUT2D eigenvalue weighted by Crippen LogP contribution is 2.20. The van der Waals surface area contributed by atoms with Gasteiger partial charge in [-0.15, -0.1) is 0 Å². The molecule has 0 bridgehead atoms. The molecule has 1 heterocycles. The molecule has 3 heteroatoms.